The molecule has 2 aliphatic carbocycles. The number of amides is 1. The molecule has 0 radical (unpaired) electrons. The van der Waals surface area contributed by atoms with Gasteiger partial charge in [0.15, 0.2) is 0 Å². The number of likely N-dealkylation sites (tertiary alicyclic amines) is 1. The van der Waals surface area contributed by atoms with Crippen LogP contribution in [0.2, 0.25) is 5.02 Å². The fraction of sp³-hybridized carbons (Fsp3) is 0.632. The van der Waals surface area contributed by atoms with Crippen LogP contribution < -0.4 is 14.4 Å². The van der Waals surface area contributed by atoms with Crippen LogP contribution in [0.5, 0.6) is 5.75 Å². The first-order valence-corrected chi connectivity index (χ1v) is 20.3. The lowest BCUT2D eigenvalue weighted by atomic mass is 9.62. The Kier molecular flexibility index (Phi) is 8.57. The summed E-state index contributed by atoms with van der Waals surface area (Å²) in [6, 6.07) is 11.7. The monoisotopic (exact) mass is 708 g/mol. The SMILES string of the molecule is C[C@@H]1[C@@H](C)CCC[C@@]2(CC(N3CCCC3)=NO2)[C@@H]2CC[C@H]2CN2C[C@@]3(CCCc4cc(Cl)ccc43)COc3ccc(cc32)C(=O)NS1(=O)=O. The molecule has 1 saturated heterocycles. The Bertz CT molecular complexity index is 1760. The minimum atomic E-state index is -3.91. The Balaban J connectivity index is 1.19. The normalized spacial score (nSPS) is 34.2. The molecule has 1 N–H and O–H groups in total. The highest BCUT2D eigenvalue weighted by Crippen LogP contribution is 2.52. The molecule has 2 bridgehead atoms. The molecule has 0 unspecified atom stereocenters. The second kappa shape index (κ2) is 12.7. The molecule has 2 aromatic carbocycles. The van der Waals surface area contributed by atoms with Gasteiger partial charge in [-0.3, -0.25) is 4.79 Å². The van der Waals surface area contributed by atoms with Crippen molar-refractivity contribution >= 4 is 39.1 Å². The van der Waals surface area contributed by atoms with Gasteiger partial charge in [-0.15, -0.1) is 0 Å². The van der Waals surface area contributed by atoms with E-state index in [-0.39, 0.29) is 11.3 Å². The highest BCUT2D eigenvalue weighted by molar-refractivity contribution is 7.90. The van der Waals surface area contributed by atoms with E-state index in [4.69, 9.17) is 26.3 Å². The Morgan fingerprint density at radius 1 is 0.980 bits per heavy atom. The van der Waals surface area contributed by atoms with E-state index in [1.165, 1.54) is 24.0 Å². The van der Waals surface area contributed by atoms with E-state index in [9.17, 15) is 13.2 Å². The Hall–Kier alpha value is -2.98. The highest BCUT2D eigenvalue weighted by atomic mass is 35.5. The van der Waals surface area contributed by atoms with Crippen molar-refractivity contribution in [2.45, 2.75) is 101 Å². The summed E-state index contributed by atoms with van der Waals surface area (Å²) in [7, 11) is -3.91. The number of oxime groups is 1. The molecule has 6 aliphatic rings. The lowest BCUT2D eigenvalue weighted by Gasteiger charge is -2.49. The second-order valence-electron chi connectivity index (χ2n) is 15.8. The summed E-state index contributed by atoms with van der Waals surface area (Å²) in [6.45, 7) is 7.81. The third-order valence-electron chi connectivity index (χ3n) is 12.9. The van der Waals surface area contributed by atoms with E-state index in [0.717, 1.165) is 106 Å². The number of nitrogens with zero attached hydrogens (tertiary/aromatic N) is 3. The number of benzene rings is 2. The van der Waals surface area contributed by atoms with E-state index in [2.05, 4.69) is 26.7 Å². The number of carbonyl (C=O) groups excluding carboxylic acids is 1. The first-order valence-electron chi connectivity index (χ1n) is 18.4. The third kappa shape index (κ3) is 5.98. The molecule has 2 spiro atoms. The van der Waals surface area contributed by atoms with Crippen molar-refractivity contribution < 1.29 is 22.8 Å². The molecule has 4 heterocycles. The number of hydrogen-bond acceptors (Lipinski definition) is 8. The zero-order valence-corrected chi connectivity index (χ0v) is 30.3. The fourth-order valence-electron chi connectivity index (χ4n) is 9.70. The zero-order chi connectivity index (χ0) is 34.0. The maximum absolute atomic E-state index is 13.6. The summed E-state index contributed by atoms with van der Waals surface area (Å²) < 4.78 is 36.1. The van der Waals surface area contributed by atoms with Crippen LogP contribution in [0.1, 0.15) is 99.5 Å². The van der Waals surface area contributed by atoms with Crippen LogP contribution in [-0.2, 0) is 26.7 Å². The predicted octanol–water partition coefficient (Wildman–Crippen LogP) is 6.68. The van der Waals surface area contributed by atoms with Gasteiger partial charge in [-0.25, -0.2) is 13.1 Å². The number of anilines is 1. The molecule has 264 valence electrons. The van der Waals surface area contributed by atoms with Gasteiger partial charge in [-0.05, 0) is 124 Å². The summed E-state index contributed by atoms with van der Waals surface area (Å²) in [5.74, 6) is 1.78. The van der Waals surface area contributed by atoms with E-state index in [0.29, 0.717) is 24.0 Å². The fourth-order valence-corrected chi connectivity index (χ4v) is 11.2. The minimum Gasteiger partial charge on any atom is -0.490 e. The lowest BCUT2D eigenvalue weighted by Crippen LogP contribution is -2.53. The number of carbonyl (C=O) groups is 1. The van der Waals surface area contributed by atoms with Crippen molar-refractivity contribution in [2.24, 2.45) is 22.9 Å². The lowest BCUT2D eigenvalue weighted by molar-refractivity contribution is -0.118. The number of halogens is 1. The van der Waals surface area contributed by atoms with Crippen molar-refractivity contribution in [3.8, 4) is 5.75 Å². The molecule has 49 heavy (non-hydrogen) atoms. The molecule has 2 aromatic rings. The van der Waals surface area contributed by atoms with Gasteiger partial charge in [0.05, 0.1) is 24.0 Å². The smallest absolute Gasteiger partial charge is 0.264 e. The summed E-state index contributed by atoms with van der Waals surface area (Å²) >= 11 is 6.48. The van der Waals surface area contributed by atoms with E-state index < -0.39 is 26.8 Å². The number of ether oxygens (including phenoxy) is 1. The summed E-state index contributed by atoms with van der Waals surface area (Å²) in [4.78, 5) is 25.0. The van der Waals surface area contributed by atoms with Crippen LogP contribution >= 0.6 is 11.6 Å². The molecule has 11 heteroatoms. The summed E-state index contributed by atoms with van der Waals surface area (Å²) in [5.41, 5.74) is 3.09. The Morgan fingerprint density at radius 3 is 2.61 bits per heavy atom. The van der Waals surface area contributed by atoms with Gasteiger partial charge in [0, 0.05) is 48.1 Å². The molecule has 0 aromatic heterocycles. The van der Waals surface area contributed by atoms with Crippen LogP contribution in [0.4, 0.5) is 5.69 Å². The van der Waals surface area contributed by atoms with Crippen LogP contribution in [0, 0.1) is 17.8 Å². The van der Waals surface area contributed by atoms with Gasteiger partial charge in [0.2, 0.25) is 10.0 Å². The third-order valence-corrected chi connectivity index (χ3v) is 15.0. The number of nitrogens with one attached hydrogen (secondary N) is 1. The van der Waals surface area contributed by atoms with Crippen LogP contribution in [0.15, 0.2) is 41.6 Å². The Labute approximate surface area is 295 Å². The maximum Gasteiger partial charge on any atom is 0.264 e. The summed E-state index contributed by atoms with van der Waals surface area (Å²) in [6.07, 6.45) is 10.8. The number of hydrogen-bond donors (Lipinski definition) is 1. The molecule has 9 nitrogen and oxygen atoms in total. The molecular formula is C38H49ClN4O5S. The predicted molar refractivity (Wildman–Crippen MR) is 192 cm³/mol. The average Bonchev–Trinajstić information content (AvgIpc) is 3.72. The van der Waals surface area contributed by atoms with Crippen molar-refractivity contribution in [3.63, 3.8) is 0 Å². The van der Waals surface area contributed by atoms with Crippen molar-refractivity contribution in [2.75, 3.05) is 37.7 Å². The van der Waals surface area contributed by atoms with Gasteiger partial charge in [-0.1, -0.05) is 29.7 Å². The largest absolute Gasteiger partial charge is 0.490 e. The van der Waals surface area contributed by atoms with Crippen molar-refractivity contribution in [3.05, 3.63) is 58.1 Å². The topological polar surface area (TPSA) is 101 Å². The number of amidine groups is 1. The van der Waals surface area contributed by atoms with Gasteiger partial charge in [0.25, 0.3) is 5.91 Å². The van der Waals surface area contributed by atoms with Crippen molar-refractivity contribution in [1.29, 1.82) is 0 Å². The van der Waals surface area contributed by atoms with Gasteiger partial charge >= 0.3 is 0 Å². The van der Waals surface area contributed by atoms with E-state index >= 15 is 0 Å². The maximum atomic E-state index is 13.6. The molecule has 2 fully saturated rings. The number of fused-ring (bicyclic) bond motifs is 5. The molecule has 1 amide bonds. The minimum absolute atomic E-state index is 0.131. The van der Waals surface area contributed by atoms with Crippen molar-refractivity contribution in [1.82, 2.24) is 9.62 Å². The molecular weight excluding hydrogens is 660 g/mol. The zero-order valence-electron chi connectivity index (χ0n) is 28.8. The first-order chi connectivity index (χ1) is 23.6. The number of sulfonamides is 1. The number of aryl methyl sites for hydroxylation is 1. The van der Waals surface area contributed by atoms with Crippen LogP contribution in [0.3, 0.4) is 0 Å². The number of rotatable bonds is 0. The quantitative estimate of drug-likeness (QED) is 0.326. The molecule has 1 saturated carbocycles. The van der Waals surface area contributed by atoms with Crippen LogP contribution in [-0.4, -0.2) is 68.7 Å². The van der Waals surface area contributed by atoms with E-state index in [1.807, 2.05) is 25.1 Å². The molecule has 6 atom stereocenters. The Morgan fingerprint density at radius 2 is 1.82 bits per heavy atom. The van der Waals surface area contributed by atoms with Crippen LogP contribution in [0.25, 0.3) is 0 Å². The van der Waals surface area contributed by atoms with E-state index in [1.54, 1.807) is 13.0 Å². The highest BCUT2D eigenvalue weighted by Gasteiger charge is 2.54. The standard InChI is InChI=1S/C38H49ClN4O5S/c1-25-7-5-16-38(21-35(40-48-38)42-17-3-4-18-42)32-12-9-29(32)22-43-23-37(15-6-8-27-19-30(39)11-13-31(27)37)24-47-34-14-10-28(20-33(34)43)36(44)41-49(45,46)26(25)2/h10-11,13-14,19-20,25-26,29,32H,3-9,12,15-18,21-24H2,1-2H3,(H,41,44)/t25-,26+,29-,32+,37-,38+/m0/s1. The average molecular weight is 709 g/mol. The second-order valence-corrected chi connectivity index (χ2v) is 18.3. The van der Waals surface area contributed by atoms with Gasteiger partial charge < -0.3 is 19.4 Å². The van der Waals surface area contributed by atoms with Gasteiger partial charge in [0.1, 0.15) is 17.2 Å². The first kappa shape index (κ1) is 33.2. The van der Waals surface area contributed by atoms with Gasteiger partial charge in [-0.2, -0.15) is 0 Å². The molecule has 4 aliphatic heterocycles. The molecule has 8 rings (SSSR count). The summed E-state index contributed by atoms with van der Waals surface area (Å²) in [5, 5.41) is 4.79.